The summed E-state index contributed by atoms with van der Waals surface area (Å²) in [4.78, 5) is 0. The van der Waals surface area contributed by atoms with E-state index >= 15 is 0 Å². The summed E-state index contributed by atoms with van der Waals surface area (Å²) in [7, 11) is -1.29. The standard InChI is InChI=1S/C11H16SSi/c1-9-5-7-10(8-6-9)11(12)13(2,3)4/h5-8H,1-4H3. The molecule has 0 amide bonds. The number of hydrogen-bond donors (Lipinski definition) is 0. The molecule has 0 spiro atoms. The van der Waals surface area contributed by atoms with Gasteiger partial charge >= 0.3 is 0 Å². The van der Waals surface area contributed by atoms with Crippen LogP contribution in [0.3, 0.4) is 0 Å². The van der Waals surface area contributed by atoms with Gasteiger partial charge in [-0.25, -0.2) is 0 Å². The lowest BCUT2D eigenvalue weighted by Crippen LogP contribution is -2.32. The quantitative estimate of drug-likeness (QED) is 0.529. The maximum atomic E-state index is 5.46. The van der Waals surface area contributed by atoms with Gasteiger partial charge in [-0.3, -0.25) is 0 Å². The molecule has 0 saturated heterocycles. The Bertz CT molecular complexity index is 306. The third kappa shape index (κ3) is 2.74. The fraction of sp³-hybridized carbons (Fsp3) is 0.364. The van der Waals surface area contributed by atoms with Crippen molar-refractivity contribution >= 4 is 24.8 Å². The smallest absolute Gasteiger partial charge is 0.0894 e. The minimum absolute atomic E-state index is 1.17. The van der Waals surface area contributed by atoms with Crippen LogP contribution in [-0.2, 0) is 0 Å². The Morgan fingerprint density at radius 3 is 1.92 bits per heavy atom. The minimum Gasteiger partial charge on any atom is -0.0894 e. The lowest BCUT2D eigenvalue weighted by molar-refractivity contribution is 1.47. The molecule has 70 valence electrons. The third-order valence-corrected chi connectivity index (χ3v) is 5.72. The summed E-state index contributed by atoms with van der Waals surface area (Å²) in [6.45, 7) is 8.96. The van der Waals surface area contributed by atoms with E-state index in [2.05, 4.69) is 50.8 Å². The average molecular weight is 208 g/mol. The zero-order chi connectivity index (χ0) is 10.1. The normalized spacial score (nSPS) is 11.4. The van der Waals surface area contributed by atoms with Crippen LogP contribution in [0.15, 0.2) is 24.3 Å². The number of hydrogen-bond acceptors (Lipinski definition) is 1. The van der Waals surface area contributed by atoms with Crippen molar-refractivity contribution in [2.24, 2.45) is 0 Å². The molecule has 0 aliphatic carbocycles. The molecule has 0 heterocycles. The Kier molecular flexibility index (Phi) is 3.04. The van der Waals surface area contributed by atoms with Crippen molar-refractivity contribution in [3.8, 4) is 0 Å². The van der Waals surface area contributed by atoms with E-state index in [4.69, 9.17) is 12.2 Å². The topological polar surface area (TPSA) is 0 Å². The van der Waals surface area contributed by atoms with Gasteiger partial charge in [0, 0.05) is 4.49 Å². The minimum atomic E-state index is -1.29. The monoisotopic (exact) mass is 208 g/mol. The number of benzene rings is 1. The zero-order valence-corrected chi connectivity index (χ0v) is 10.5. The summed E-state index contributed by atoms with van der Waals surface area (Å²) in [5, 5.41) is 0. The molecule has 0 aromatic heterocycles. The van der Waals surface area contributed by atoms with Crippen molar-refractivity contribution < 1.29 is 0 Å². The van der Waals surface area contributed by atoms with Crippen molar-refractivity contribution in [2.45, 2.75) is 26.6 Å². The van der Waals surface area contributed by atoms with Crippen LogP contribution in [0.2, 0.25) is 19.6 Å². The Balaban J connectivity index is 2.97. The molecule has 0 fully saturated rings. The largest absolute Gasteiger partial charge is 0.0923 e. The first kappa shape index (κ1) is 10.6. The van der Waals surface area contributed by atoms with E-state index in [1.807, 2.05) is 0 Å². The van der Waals surface area contributed by atoms with Gasteiger partial charge in [0.15, 0.2) is 0 Å². The van der Waals surface area contributed by atoms with E-state index in [1.165, 1.54) is 15.6 Å². The Labute approximate surface area is 87.0 Å². The molecule has 0 saturated carbocycles. The van der Waals surface area contributed by atoms with Gasteiger partial charge in [0.05, 0.1) is 8.07 Å². The summed E-state index contributed by atoms with van der Waals surface area (Å²) < 4.78 is 1.17. The molecule has 0 atom stereocenters. The molecular weight excluding hydrogens is 192 g/mol. The lowest BCUT2D eigenvalue weighted by atomic mass is 10.2. The summed E-state index contributed by atoms with van der Waals surface area (Å²) >= 11 is 5.46. The number of aryl methyl sites for hydroxylation is 1. The molecule has 0 bridgehead atoms. The molecule has 2 heteroatoms. The van der Waals surface area contributed by atoms with Crippen molar-refractivity contribution in [3.63, 3.8) is 0 Å². The van der Waals surface area contributed by atoms with Gasteiger partial charge in [-0.2, -0.15) is 0 Å². The zero-order valence-electron chi connectivity index (χ0n) is 8.72. The molecule has 0 N–H and O–H groups in total. The number of thiocarbonyl (C=S) groups is 1. The summed E-state index contributed by atoms with van der Waals surface area (Å²) in [6, 6.07) is 8.52. The Hall–Kier alpha value is -0.473. The fourth-order valence-electron chi connectivity index (χ4n) is 1.14. The van der Waals surface area contributed by atoms with Crippen molar-refractivity contribution in [1.29, 1.82) is 0 Å². The molecule has 0 unspecified atom stereocenters. The summed E-state index contributed by atoms with van der Waals surface area (Å²) in [5.41, 5.74) is 2.53. The number of rotatable bonds is 2. The second-order valence-corrected chi connectivity index (χ2v) is 10.2. The van der Waals surface area contributed by atoms with Crippen molar-refractivity contribution in [2.75, 3.05) is 0 Å². The SMILES string of the molecule is Cc1ccc(C(=S)[Si](C)(C)C)cc1. The van der Waals surface area contributed by atoms with E-state index in [0.717, 1.165) is 0 Å². The summed E-state index contributed by atoms with van der Waals surface area (Å²) in [6.07, 6.45) is 0. The van der Waals surface area contributed by atoms with Gasteiger partial charge in [-0.05, 0) is 12.5 Å². The first-order chi connectivity index (χ1) is 5.91. The molecule has 1 aromatic rings. The highest BCUT2D eigenvalue weighted by molar-refractivity contribution is 7.85. The van der Waals surface area contributed by atoms with E-state index in [9.17, 15) is 0 Å². The second-order valence-electron chi connectivity index (χ2n) is 4.45. The van der Waals surface area contributed by atoms with Crippen LogP contribution in [0.5, 0.6) is 0 Å². The maximum Gasteiger partial charge on any atom is 0.0923 e. The predicted octanol–water partition coefficient (Wildman–Crippen LogP) is 3.59. The van der Waals surface area contributed by atoms with Crippen molar-refractivity contribution in [1.82, 2.24) is 0 Å². The molecule has 1 rings (SSSR count). The maximum absolute atomic E-state index is 5.46. The van der Waals surface area contributed by atoms with Gasteiger partial charge in [0.2, 0.25) is 0 Å². The highest BCUT2D eigenvalue weighted by Gasteiger charge is 2.20. The van der Waals surface area contributed by atoms with Crippen LogP contribution < -0.4 is 0 Å². The fourth-order valence-corrected chi connectivity index (χ4v) is 2.31. The first-order valence-electron chi connectivity index (χ1n) is 4.53. The molecular formula is C11H16SSi. The lowest BCUT2D eigenvalue weighted by Gasteiger charge is -2.17. The first-order valence-corrected chi connectivity index (χ1v) is 8.43. The Morgan fingerprint density at radius 2 is 1.54 bits per heavy atom. The van der Waals surface area contributed by atoms with E-state index in [-0.39, 0.29) is 0 Å². The van der Waals surface area contributed by atoms with Gasteiger partial charge < -0.3 is 0 Å². The van der Waals surface area contributed by atoms with Crippen LogP contribution in [-0.4, -0.2) is 12.6 Å². The van der Waals surface area contributed by atoms with Gasteiger partial charge in [-0.15, -0.1) is 0 Å². The van der Waals surface area contributed by atoms with Crippen LogP contribution in [0.25, 0.3) is 0 Å². The average Bonchev–Trinajstić information content (AvgIpc) is 2.03. The van der Waals surface area contributed by atoms with E-state index in [0.29, 0.717) is 0 Å². The molecule has 0 aliphatic rings. The van der Waals surface area contributed by atoms with Crippen LogP contribution >= 0.6 is 12.2 Å². The molecule has 0 nitrogen and oxygen atoms in total. The van der Waals surface area contributed by atoms with E-state index in [1.54, 1.807) is 0 Å². The van der Waals surface area contributed by atoms with E-state index < -0.39 is 8.07 Å². The van der Waals surface area contributed by atoms with Crippen LogP contribution in [0.1, 0.15) is 11.1 Å². The molecule has 0 aliphatic heterocycles. The van der Waals surface area contributed by atoms with Crippen molar-refractivity contribution in [3.05, 3.63) is 35.4 Å². The summed E-state index contributed by atoms with van der Waals surface area (Å²) in [5.74, 6) is 0. The van der Waals surface area contributed by atoms with Crippen LogP contribution in [0, 0.1) is 6.92 Å². The highest BCUT2D eigenvalue weighted by Crippen LogP contribution is 2.13. The molecule has 0 radical (unpaired) electrons. The van der Waals surface area contributed by atoms with Gasteiger partial charge in [0.1, 0.15) is 0 Å². The third-order valence-electron chi connectivity index (χ3n) is 1.99. The Morgan fingerprint density at radius 1 is 1.08 bits per heavy atom. The highest BCUT2D eigenvalue weighted by atomic mass is 32.1. The second kappa shape index (κ2) is 3.72. The van der Waals surface area contributed by atoms with Gasteiger partial charge in [0.25, 0.3) is 0 Å². The van der Waals surface area contributed by atoms with Gasteiger partial charge in [-0.1, -0.05) is 61.7 Å². The molecule has 13 heavy (non-hydrogen) atoms. The van der Waals surface area contributed by atoms with Crippen LogP contribution in [0.4, 0.5) is 0 Å². The predicted molar refractivity (Wildman–Crippen MR) is 66.2 cm³/mol. The molecule has 1 aromatic carbocycles.